The van der Waals surface area contributed by atoms with Crippen molar-refractivity contribution in [1.29, 1.82) is 0 Å². The van der Waals surface area contributed by atoms with Gasteiger partial charge in [0.1, 0.15) is 0 Å². The Bertz CT molecular complexity index is 958. The van der Waals surface area contributed by atoms with Crippen molar-refractivity contribution >= 4 is 27.3 Å². The van der Waals surface area contributed by atoms with E-state index in [0.717, 1.165) is 38.7 Å². The Morgan fingerprint density at radius 3 is 2.62 bits per heavy atom. The molecule has 1 heterocycles. The van der Waals surface area contributed by atoms with Crippen molar-refractivity contribution in [3.63, 3.8) is 0 Å². The maximum absolute atomic E-state index is 12.8. The molecule has 0 radical (unpaired) electrons. The summed E-state index contributed by atoms with van der Waals surface area (Å²) in [7, 11) is -1.85. The van der Waals surface area contributed by atoms with Crippen LogP contribution in [0.1, 0.15) is 24.0 Å². The van der Waals surface area contributed by atoms with Crippen molar-refractivity contribution in [2.24, 2.45) is 5.92 Å². The monoisotopic (exact) mass is 415 g/mol. The van der Waals surface area contributed by atoms with Crippen LogP contribution in [0.15, 0.2) is 48.5 Å². The van der Waals surface area contributed by atoms with Gasteiger partial charge >= 0.3 is 0 Å². The molecular formula is C22H29N3O3S. The number of likely N-dealkylation sites (tertiary alicyclic amines) is 1. The first kappa shape index (κ1) is 21.3. The second-order valence-electron chi connectivity index (χ2n) is 7.83. The maximum atomic E-state index is 12.8. The van der Waals surface area contributed by atoms with Crippen LogP contribution in [0.25, 0.3) is 0 Å². The number of hydrogen-bond donors (Lipinski definition) is 1. The molecule has 0 saturated carbocycles. The van der Waals surface area contributed by atoms with E-state index in [1.807, 2.05) is 0 Å². The van der Waals surface area contributed by atoms with Crippen LogP contribution in [0.4, 0.5) is 11.4 Å². The third-order valence-corrected chi connectivity index (χ3v) is 6.58. The Labute approximate surface area is 173 Å². The molecule has 2 aromatic rings. The van der Waals surface area contributed by atoms with Gasteiger partial charge < -0.3 is 5.32 Å². The first-order valence-electron chi connectivity index (χ1n) is 9.85. The minimum absolute atomic E-state index is 0.0160. The number of carbonyl (C=O) groups excluding carboxylic acids is 1. The van der Waals surface area contributed by atoms with E-state index in [1.165, 1.54) is 22.5 Å². The number of hydrogen-bond acceptors (Lipinski definition) is 4. The molecule has 156 valence electrons. The van der Waals surface area contributed by atoms with Crippen LogP contribution in [0.3, 0.4) is 0 Å². The maximum Gasteiger partial charge on any atom is 0.231 e. The second kappa shape index (κ2) is 8.97. The number of anilines is 2. The lowest BCUT2D eigenvalue weighted by Gasteiger charge is -2.32. The minimum atomic E-state index is -3.35. The van der Waals surface area contributed by atoms with Gasteiger partial charge in [0.15, 0.2) is 0 Å². The number of amides is 1. The molecule has 1 amide bonds. The van der Waals surface area contributed by atoms with Crippen molar-refractivity contribution in [2.45, 2.75) is 26.3 Å². The highest BCUT2D eigenvalue weighted by Crippen LogP contribution is 2.23. The van der Waals surface area contributed by atoms with Gasteiger partial charge in [-0.1, -0.05) is 35.9 Å². The Hall–Kier alpha value is -2.38. The van der Waals surface area contributed by atoms with Crippen molar-refractivity contribution in [1.82, 2.24) is 4.90 Å². The average Bonchev–Trinajstić information content (AvgIpc) is 2.69. The highest BCUT2D eigenvalue weighted by molar-refractivity contribution is 7.92. The summed E-state index contributed by atoms with van der Waals surface area (Å²) < 4.78 is 24.7. The van der Waals surface area contributed by atoms with E-state index in [0.29, 0.717) is 11.4 Å². The first-order valence-corrected chi connectivity index (χ1v) is 11.7. The van der Waals surface area contributed by atoms with Crippen LogP contribution in [0, 0.1) is 12.8 Å². The zero-order valence-electron chi connectivity index (χ0n) is 17.3. The van der Waals surface area contributed by atoms with Crippen molar-refractivity contribution in [3.8, 4) is 0 Å². The van der Waals surface area contributed by atoms with Gasteiger partial charge in [-0.05, 0) is 50.1 Å². The topological polar surface area (TPSA) is 69.7 Å². The number of carbonyl (C=O) groups is 1. The zero-order valence-corrected chi connectivity index (χ0v) is 18.1. The third kappa shape index (κ3) is 5.81. The smallest absolute Gasteiger partial charge is 0.231 e. The first-order chi connectivity index (χ1) is 13.7. The standard InChI is InChI=1S/C22H29N3O3S/c1-17-9-11-18(12-10-17)15-25-13-5-6-19(16-25)22(26)23-20-7-4-8-21(14-20)24(2)29(3,27)28/h4,7-12,14,19H,5-6,13,15-16H2,1-3H3,(H,23,26). The Kier molecular flexibility index (Phi) is 6.59. The van der Waals surface area contributed by atoms with E-state index in [2.05, 4.69) is 41.4 Å². The lowest BCUT2D eigenvalue weighted by atomic mass is 9.96. The molecule has 1 aliphatic heterocycles. The molecule has 0 aromatic heterocycles. The molecule has 1 saturated heterocycles. The van der Waals surface area contributed by atoms with Gasteiger partial charge in [-0.25, -0.2) is 8.42 Å². The van der Waals surface area contributed by atoms with Crippen LogP contribution in [-0.2, 0) is 21.4 Å². The highest BCUT2D eigenvalue weighted by atomic mass is 32.2. The molecule has 1 atom stereocenters. The molecule has 2 aromatic carbocycles. The van der Waals surface area contributed by atoms with Crippen LogP contribution in [-0.4, -0.2) is 45.6 Å². The van der Waals surface area contributed by atoms with Crippen molar-refractivity contribution < 1.29 is 13.2 Å². The Morgan fingerprint density at radius 2 is 1.93 bits per heavy atom. The van der Waals surface area contributed by atoms with Gasteiger partial charge in [0.2, 0.25) is 15.9 Å². The number of sulfonamides is 1. The van der Waals surface area contributed by atoms with E-state index in [4.69, 9.17) is 0 Å². The molecule has 0 bridgehead atoms. The molecular weight excluding hydrogens is 386 g/mol. The van der Waals surface area contributed by atoms with Crippen LogP contribution >= 0.6 is 0 Å². The van der Waals surface area contributed by atoms with E-state index in [1.54, 1.807) is 24.3 Å². The summed E-state index contributed by atoms with van der Waals surface area (Å²) in [4.78, 5) is 15.1. The number of nitrogens with zero attached hydrogens (tertiary/aromatic N) is 2. The fourth-order valence-corrected chi connectivity index (χ4v) is 4.08. The molecule has 0 aliphatic carbocycles. The van der Waals surface area contributed by atoms with Crippen molar-refractivity contribution in [2.75, 3.05) is 36.0 Å². The number of piperidine rings is 1. The van der Waals surface area contributed by atoms with Crippen LogP contribution < -0.4 is 9.62 Å². The molecule has 0 spiro atoms. The zero-order chi connectivity index (χ0) is 21.0. The Balaban J connectivity index is 1.62. The van der Waals surface area contributed by atoms with E-state index in [9.17, 15) is 13.2 Å². The van der Waals surface area contributed by atoms with E-state index in [-0.39, 0.29) is 11.8 Å². The third-order valence-electron chi connectivity index (χ3n) is 5.38. The number of aryl methyl sites for hydroxylation is 1. The van der Waals surface area contributed by atoms with Gasteiger partial charge in [0, 0.05) is 25.8 Å². The summed E-state index contributed by atoms with van der Waals surface area (Å²) in [5.74, 6) is -0.0942. The summed E-state index contributed by atoms with van der Waals surface area (Å²) in [5, 5.41) is 2.96. The molecule has 29 heavy (non-hydrogen) atoms. The highest BCUT2D eigenvalue weighted by Gasteiger charge is 2.26. The largest absolute Gasteiger partial charge is 0.326 e. The molecule has 1 unspecified atom stereocenters. The predicted molar refractivity (Wildman–Crippen MR) is 117 cm³/mol. The fraction of sp³-hybridized carbons (Fsp3) is 0.409. The normalized spacial score (nSPS) is 17.7. The van der Waals surface area contributed by atoms with Gasteiger partial charge in [0.25, 0.3) is 0 Å². The van der Waals surface area contributed by atoms with E-state index < -0.39 is 10.0 Å². The summed E-state index contributed by atoms with van der Waals surface area (Å²) in [5.41, 5.74) is 3.63. The SMILES string of the molecule is Cc1ccc(CN2CCCC(C(=O)Nc3cccc(N(C)S(C)(=O)=O)c3)C2)cc1. The van der Waals surface area contributed by atoms with Crippen LogP contribution in [0.5, 0.6) is 0 Å². The lowest BCUT2D eigenvalue weighted by Crippen LogP contribution is -2.40. The fourth-order valence-electron chi connectivity index (χ4n) is 3.58. The van der Waals surface area contributed by atoms with E-state index >= 15 is 0 Å². The molecule has 6 nitrogen and oxygen atoms in total. The molecule has 1 fully saturated rings. The number of nitrogens with one attached hydrogen (secondary N) is 1. The second-order valence-corrected chi connectivity index (χ2v) is 9.84. The summed E-state index contributed by atoms with van der Waals surface area (Å²) in [6.07, 6.45) is 3.00. The molecule has 1 aliphatic rings. The van der Waals surface area contributed by atoms with Gasteiger partial charge in [0.05, 0.1) is 17.9 Å². The summed E-state index contributed by atoms with van der Waals surface area (Å²) in [6, 6.07) is 15.4. The van der Waals surface area contributed by atoms with Crippen LogP contribution in [0.2, 0.25) is 0 Å². The van der Waals surface area contributed by atoms with Gasteiger partial charge in [-0.3, -0.25) is 14.0 Å². The quantitative estimate of drug-likeness (QED) is 0.786. The minimum Gasteiger partial charge on any atom is -0.326 e. The molecule has 1 N–H and O–H groups in total. The van der Waals surface area contributed by atoms with Crippen molar-refractivity contribution in [3.05, 3.63) is 59.7 Å². The Morgan fingerprint density at radius 1 is 1.21 bits per heavy atom. The van der Waals surface area contributed by atoms with Gasteiger partial charge in [-0.2, -0.15) is 0 Å². The summed E-state index contributed by atoms with van der Waals surface area (Å²) >= 11 is 0. The lowest BCUT2D eigenvalue weighted by molar-refractivity contribution is -0.121. The predicted octanol–water partition coefficient (Wildman–Crippen LogP) is 3.24. The van der Waals surface area contributed by atoms with Gasteiger partial charge in [-0.15, -0.1) is 0 Å². The summed E-state index contributed by atoms with van der Waals surface area (Å²) in [6.45, 7) is 4.64. The molecule has 3 rings (SSSR count). The molecule has 7 heteroatoms. The number of rotatable bonds is 6. The average molecular weight is 416 g/mol. The number of benzene rings is 2.